The van der Waals surface area contributed by atoms with E-state index in [9.17, 15) is 18.4 Å². The molecule has 0 aliphatic rings. The van der Waals surface area contributed by atoms with E-state index >= 15 is 0 Å². The third kappa shape index (κ3) is 5.73. The third-order valence-electron chi connectivity index (χ3n) is 3.41. The first-order valence-corrected chi connectivity index (χ1v) is 8.63. The molecule has 0 fully saturated rings. The average molecular weight is 380 g/mol. The van der Waals surface area contributed by atoms with Gasteiger partial charge in [-0.1, -0.05) is 6.07 Å². The number of likely N-dealkylation sites (N-methyl/N-ethyl adjacent to an activating group) is 1. The fraction of sp³-hybridized carbons (Fsp3) is 0.222. The molecule has 0 saturated heterocycles. The van der Waals surface area contributed by atoms with Gasteiger partial charge in [-0.25, -0.2) is 8.78 Å². The number of ether oxygens (including phenoxy) is 1. The number of hydrogen-bond acceptors (Lipinski definition) is 4. The monoisotopic (exact) mass is 380 g/mol. The molecule has 138 valence electrons. The first-order chi connectivity index (χ1) is 12.4. The molecular weight excluding hydrogens is 362 g/mol. The van der Waals surface area contributed by atoms with Crippen molar-refractivity contribution in [1.82, 2.24) is 4.90 Å². The quantitative estimate of drug-likeness (QED) is 0.750. The molecule has 0 radical (unpaired) electrons. The smallest absolute Gasteiger partial charge is 0.243 e. The van der Waals surface area contributed by atoms with Crippen LogP contribution in [0.15, 0.2) is 47.4 Å². The Morgan fingerprint density at radius 3 is 2.65 bits per heavy atom. The number of halogens is 2. The SMILES string of the molecule is COc1cccc(NC(=O)CN(C)C(=O)CSc2ccc(F)cc2F)c1. The summed E-state index contributed by atoms with van der Waals surface area (Å²) in [5.74, 6) is -1.58. The number of benzene rings is 2. The van der Waals surface area contributed by atoms with E-state index in [4.69, 9.17) is 4.74 Å². The average Bonchev–Trinajstić information content (AvgIpc) is 2.60. The number of methoxy groups -OCH3 is 1. The number of rotatable bonds is 7. The number of carbonyl (C=O) groups is 2. The summed E-state index contributed by atoms with van der Waals surface area (Å²) in [5.41, 5.74) is 0.554. The van der Waals surface area contributed by atoms with Crippen molar-refractivity contribution >= 4 is 29.3 Å². The summed E-state index contributed by atoms with van der Waals surface area (Å²) in [6.07, 6.45) is 0. The van der Waals surface area contributed by atoms with Gasteiger partial charge in [-0.15, -0.1) is 11.8 Å². The first kappa shape index (κ1) is 19.7. The van der Waals surface area contributed by atoms with E-state index in [-0.39, 0.29) is 29.0 Å². The molecule has 0 aliphatic carbocycles. The minimum absolute atomic E-state index is 0.0640. The highest BCUT2D eigenvalue weighted by Crippen LogP contribution is 2.22. The third-order valence-corrected chi connectivity index (χ3v) is 4.44. The summed E-state index contributed by atoms with van der Waals surface area (Å²) in [5, 5.41) is 2.67. The van der Waals surface area contributed by atoms with Crippen LogP contribution in [0.1, 0.15) is 0 Å². The lowest BCUT2D eigenvalue weighted by molar-refractivity contribution is -0.131. The Morgan fingerprint density at radius 1 is 1.19 bits per heavy atom. The zero-order valence-electron chi connectivity index (χ0n) is 14.3. The molecule has 2 rings (SSSR count). The molecular formula is C18H18F2N2O3S. The normalized spacial score (nSPS) is 10.3. The van der Waals surface area contributed by atoms with Crippen molar-refractivity contribution < 1.29 is 23.1 Å². The highest BCUT2D eigenvalue weighted by Gasteiger charge is 2.15. The van der Waals surface area contributed by atoms with Crippen LogP contribution in [0.25, 0.3) is 0 Å². The number of amides is 2. The van der Waals surface area contributed by atoms with E-state index in [2.05, 4.69) is 5.32 Å². The van der Waals surface area contributed by atoms with Crippen molar-refractivity contribution in [3.63, 3.8) is 0 Å². The van der Waals surface area contributed by atoms with E-state index in [0.29, 0.717) is 11.4 Å². The lowest BCUT2D eigenvalue weighted by Gasteiger charge is -2.17. The van der Waals surface area contributed by atoms with Crippen LogP contribution in [-0.2, 0) is 9.59 Å². The van der Waals surface area contributed by atoms with Crippen LogP contribution >= 0.6 is 11.8 Å². The van der Waals surface area contributed by atoms with Gasteiger partial charge in [-0.05, 0) is 24.3 Å². The lowest BCUT2D eigenvalue weighted by atomic mass is 10.3. The van der Waals surface area contributed by atoms with E-state index < -0.39 is 11.6 Å². The van der Waals surface area contributed by atoms with Crippen LogP contribution in [0.2, 0.25) is 0 Å². The van der Waals surface area contributed by atoms with Gasteiger partial charge in [0.25, 0.3) is 0 Å². The summed E-state index contributed by atoms with van der Waals surface area (Å²) in [7, 11) is 3.00. The molecule has 2 amide bonds. The second-order valence-corrected chi connectivity index (χ2v) is 6.41. The van der Waals surface area contributed by atoms with Gasteiger partial charge in [-0.3, -0.25) is 9.59 Å². The van der Waals surface area contributed by atoms with Crippen LogP contribution in [0.5, 0.6) is 5.75 Å². The largest absolute Gasteiger partial charge is 0.497 e. The Bertz CT molecular complexity index is 802. The Labute approximate surface area is 154 Å². The van der Waals surface area contributed by atoms with Crippen molar-refractivity contribution in [2.75, 3.05) is 31.8 Å². The van der Waals surface area contributed by atoms with Crippen molar-refractivity contribution in [2.45, 2.75) is 4.90 Å². The fourth-order valence-electron chi connectivity index (χ4n) is 2.05. The number of nitrogens with zero attached hydrogens (tertiary/aromatic N) is 1. The molecule has 0 spiro atoms. The van der Waals surface area contributed by atoms with Crippen LogP contribution in [-0.4, -0.2) is 43.2 Å². The second-order valence-electron chi connectivity index (χ2n) is 5.39. The van der Waals surface area contributed by atoms with Crippen LogP contribution in [0, 0.1) is 11.6 Å². The van der Waals surface area contributed by atoms with Crippen molar-refractivity contribution in [1.29, 1.82) is 0 Å². The Kier molecular flexibility index (Phi) is 6.97. The molecule has 0 aliphatic heterocycles. The Hall–Kier alpha value is -2.61. The predicted octanol–water partition coefficient (Wildman–Crippen LogP) is 3.16. The van der Waals surface area contributed by atoms with Gasteiger partial charge in [0.1, 0.15) is 17.4 Å². The Morgan fingerprint density at radius 2 is 1.96 bits per heavy atom. The van der Waals surface area contributed by atoms with E-state index in [1.165, 1.54) is 25.1 Å². The van der Waals surface area contributed by atoms with Gasteiger partial charge < -0.3 is 15.0 Å². The summed E-state index contributed by atoms with van der Waals surface area (Å²) >= 11 is 0.947. The highest BCUT2D eigenvalue weighted by atomic mass is 32.2. The van der Waals surface area contributed by atoms with E-state index in [1.807, 2.05) is 0 Å². The molecule has 0 aromatic heterocycles. The van der Waals surface area contributed by atoms with Crippen LogP contribution in [0.3, 0.4) is 0 Å². The number of anilines is 1. The molecule has 2 aromatic rings. The van der Waals surface area contributed by atoms with E-state index in [0.717, 1.165) is 23.9 Å². The maximum Gasteiger partial charge on any atom is 0.243 e. The van der Waals surface area contributed by atoms with Crippen LogP contribution < -0.4 is 10.1 Å². The van der Waals surface area contributed by atoms with Gasteiger partial charge in [-0.2, -0.15) is 0 Å². The predicted molar refractivity (Wildman–Crippen MR) is 96.3 cm³/mol. The van der Waals surface area contributed by atoms with Gasteiger partial charge in [0.2, 0.25) is 11.8 Å². The molecule has 0 heterocycles. The van der Waals surface area contributed by atoms with Crippen LogP contribution in [0.4, 0.5) is 14.5 Å². The molecule has 0 atom stereocenters. The highest BCUT2D eigenvalue weighted by molar-refractivity contribution is 8.00. The minimum atomic E-state index is -0.721. The molecule has 1 N–H and O–H groups in total. The van der Waals surface area contributed by atoms with Gasteiger partial charge in [0, 0.05) is 29.8 Å². The molecule has 0 saturated carbocycles. The molecule has 8 heteroatoms. The standard InChI is InChI=1S/C18H18F2N2O3S/c1-22(10-17(23)21-13-4-3-5-14(9-13)25-2)18(24)11-26-16-7-6-12(19)8-15(16)20/h3-9H,10-11H2,1-2H3,(H,21,23). The maximum absolute atomic E-state index is 13.6. The van der Waals surface area contributed by atoms with E-state index in [1.54, 1.807) is 24.3 Å². The number of hydrogen-bond donors (Lipinski definition) is 1. The van der Waals surface area contributed by atoms with Gasteiger partial charge in [0.05, 0.1) is 19.4 Å². The summed E-state index contributed by atoms with van der Waals surface area (Å²) in [4.78, 5) is 25.5. The summed E-state index contributed by atoms with van der Waals surface area (Å²) in [6, 6.07) is 10.0. The molecule has 0 bridgehead atoms. The fourth-order valence-corrected chi connectivity index (χ4v) is 2.91. The number of thioether (sulfide) groups is 1. The van der Waals surface area contributed by atoms with Gasteiger partial charge in [0.15, 0.2) is 0 Å². The molecule has 0 unspecified atom stereocenters. The molecule has 2 aromatic carbocycles. The Balaban J connectivity index is 1.84. The minimum Gasteiger partial charge on any atom is -0.497 e. The zero-order chi connectivity index (χ0) is 19.1. The second kappa shape index (κ2) is 9.19. The number of nitrogens with one attached hydrogen (secondary N) is 1. The van der Waals surface area contributed by atoms with Crippen molar-refractivity contribution in [3.05, 3.63) is 54.1 Å². The molecule has 26 heavy (non-hydrogen) atoms. The molecule has 5 nitrogen and oxygen atoms in total. The summed E-state index contributed by atoms with van der Waals surface area (Å²) < 4.78 is 31.5. The lowest BCUT2D eigenvalue weighted by Crippen LogP contribution is -2.35. The number of carbonyl (C=O) groups excluding carboxylic acids is 2. The first-order valence-electron chi connectivity index (χ1n) is 7.64. The van der Waals surface area contributed by atoms with Gasteiger partial charge >= 0.3 is 0 Å². The zero-order valence-corrected chi connectivity index (χ0v) is 15.1. The van der Waals surface area contributed by atoms with Crippen molar-refractivity contribution in [3.8, 4) is 5.75 Å². The topological polar surface area (TPSA) is 58.6 Å². The van der Waals surface area contributed by atoms with Crippen molar-refractivity contribution in [2.24, 2.45) is 0 Å². The maximum atomic E-state index is 13.6. The summed E-state index contributed by atoms with van der Waals surface area (Å²) in [6.45, 7) is -0.150.